The van der Waals surface area contributed by atoms with Gasteiger partial charge >= 0.3 is 0 Å². The van der Waals surface area contributed by atoms with E-state index in [2.05, 4.69) is 24.0 Å². The van der Waals surface area contributed by atoms with Crippen molar-refractivity contribution >= 4 is 6.02 Å². The van der Waals surface area contributed by atoms with Gasteiger partial charge < -0.3 is 10.5 Å². The van der Waals surface area contributed by atoms with Crippen molar-refractivity contribution < 1.29 is 4.74 Å². The minimum absolute atomic E-state index is 0.217. The first-order chi connectivity index (χ1) is 7.24. The van der Waals surface area contributed by atoms with Gasteiger partial charge in [-0.1, -0.05) is 37.3 Å². The van der Waals surface area contributed by atoms with Crippen LogP contribution in [0.25, 0.3) is 0 Å². The van der Waals surface area contributed by atoms with Crippen molar-refractivity contribution in [1.82, 2.24) is 0 Å². The topological polar surface area (TPSA) is 47.6 Å². The van der Waals surface area contributed by atoms with E-state index in [0.717, 1.165) is 12.8 Å². The first-order valence-corrected chi connectivity index (χ1v) is 5.27. The van der Waals surface area contributed by atoms with Crippen LogP contribution in [0.5, 0.6) is 0 Å². The third kappa shape index (κ3) is 2.12. The van der Waals surface area contributed by atoms with Crippen molar-refractivity contribution in [2.24, 2.45) is 10.7 Å². The molecular weight excluding hydrogens is 188 g/mol. The van der Waals surface area contributed by atoms with Crippen LogP contribution in [-0.2, 0) is 11.2 Å². The lowest BCUT2D eigenvalue weighted by atomic mass is 9.92. The van der Waals surface area contributed by atoms with E-state index in [9.17, 15) is 0 Å². The van der Waals surface area contributed by atoms with Crippen LogP contribution in [0, 0.1) is 0 Å². The largest absolute Gasteiger partial charge is 0.457 e. The lowest BCUT2D eigenvalue weighted by Gasteiger charge is -2.26. The van der Waals surface area contributed by atoms with Crippen LogP contribution in [0.1, 0.15) is 18.9 Å². The second kappa shape index (κ2) is 3.93. The van der Waals surface area contributed by atoms with E-state index in [1.165, 1.54) is 5.56 Å². The molecule has 0 saturated carbocycles. The molecule has 1 aliphatic rings. The molecule has 1 aromatic carbocycles. The second-order valence-corrected chi connectivity index (χ2v) is 3.96. The molecule has 1 aliphatic heterocycles. The molecule has 1 heterocycles. The summed E-state index contributed by atoms with van der Waals surface area (Å²) in [6.45, 7) is 2.78. The Balaban J connectivity index is 2.10. The monoisotopic (exact) mass is 204 g/mol. The smallest absolute Gasteiger partial charge is 0.282 e. The lowest BCUT2D eigenvalue weighted by molar-refractivity contribution is 0.0816. The van der Waals surface area contributed by atoms with Gasteiger partial charge in [0.05, 0.1) is 6.54 Å². The van der Waals surface area contributed by atoms with E-state index in [1.54, 1.807) is 0 Å². The summed E-state index contributed by atoms with van der Waals surface area (Å²) in [5.41, 5.74) is 6.62. The number of aliphatic imine (C=N–C) groups is 1. The van der Waals surface area contributed by atoms with Crippen LogP contribution >= 0.6 is 0 Å². The van der Waals surface area contributed by atoms with Crippen molar-refractivity contribution in [1.29, 1.82) is 0 Å². The van der Waals surface area contributed by atoms with Crippen molar-refractivity contribution in [3.63, 3.8) is 0 Å². The van der Waals surface area contributed by atoms with Gasteiger partial charge in [-0.05, 0) is 12.0 Å². The number of nitrogens with two attached hydrogens (primary N) is 1. The zero-order valence-corrected chi connectivity index (χ0v) is 8.94. The Labute approximate surface area is 90.0 Å². The minimum atomic E-state index is -0.217. The van der Waals surface area contributed by atoms with E-state index >= 15 is 0 Å². The molecule has 0 radical (unpaired) electrons. The van der Waals surface area contributed by atoms with Gasteiger partial charge in [-0.2, -0.15) is 0 Å². The summed E-state index contributed by atoms with van der Waals surface area (Å²) < 4.78 is 5.63. The Kier molecular flexibility index (Phi) is 2.62. The molecule has 80 valence electrons. The molecule has 2 rings (SSSR count). The summed E-state index contributed by atoms with van der Waals surface area (Å²) >= 11 is 0. The van der Waals surface area contributed by atoms with Crippen LogP contribution in [0.15, 0.2) is 35.3 Å². The number of amidine groups is 1. The van der Waals surface area contributed by atoms with Gasteiger partial charge in [0, 0.05) is 6.42 Å². The lowest BCUT2D eigenvalue weighted by Crippen LogP contribution is -2.36. The summed E-state index contributed by atoms with van der Waals surface area (Å²) in [6, 6.07) is 10.6. The highest BCUT2D eigenvalue weighted by Crippen LogP contribution is 2.26. The van der Waals surface area contributed by atoms with Gasteiger partial charge in [0.15, 0.2) is 0 Å². The Morgan fingerprint density at radius 1 is 1.40 bits per heavy atom. The highest BCUT2D eigenvalue weighted by molar-refractivity contribution is 5.73. The summed E-state index contributed by atoms with van der Waals surface area (Å²) in [5.74, 6) is 0. The zero-order valence-electron chi connectivity index (χ0n) is 8.94. The average Bonchev–Trinajstić information content (AvgIpc) is 2.62. The van der Waals surface area contributed by atoms with Crippen molar-refractivity contribution in [2.75, 3.05) is 6.54 Å². The fourth-order valence-electron chi connectivity index (χ4n) is 1.88. The van der Waals surface area contributed by atoms with Gasteiger partial charge in [-0.3, -0.25) is 0 Å². The Hall–Kier alpha value is -1.51. The Morgan fingerprint density at radius 2 is 2.13 bits per heavy atom. The molecule has 0 aromatic heterocycles. The number of benzene rings is 1. The molecule has 0 amide bonds. The molecule has 1 aromatic rings. The molecule has 15 heavy (non-hydrogen) atoms. The van der Waals surface area contributed by atoms with Crippen LogP contribution in [0.4, 0.5) is 0 Å². The van der Waals surface area contributed by atoms with Crippen molar-refractivity contribution in [2.45, 2.75) is 25.4 Å². The summed E-state index contributed by atoms with van der Waals surface area (Å²) in [5, 5.41) is 0. The Morgan fingerprint density at radius 3 is 2.67 bits per heavy atom. The van der Waals surface area contributed by atoms with Crippen molar-refractivity contribution in [3.8, 4) is 0 Å². The van der Waals surface area contributed by atoms with Gasteiger partial charge in [0.25, 0.3) is 6.02 Å². The fraction of sp³-hybridized carbons (Fsp3) is 0.417. The maximum absolute atomic E-state index is 5.63. The van der Waals surface area contributed by atoms with Crippen LogP contribution < -0.4 is 5.73 Å². The molecule has 2 N–H and O–H groups in total. The number of nitrogens with zero attached hydrogens (tertiary/aromatic N) is 1. The highest BCUT2D eigenvalue weighted by atomic mass is 16.5. The normalized spacial score (nSPS) is 24.7. The molecule has 0 aliphatic carbocycles. The summed E-state index contributed by atoms with van der Waals surface area (Å²) in [7, 11) is 0. The second-order valence-electron chi connectivity index (χ2n) is 3.96. The minimum Gasteiger partial charge on any atom is -0.457 e. The first kappa shape index (κ1) is 10.0. The molecule has 0 spiro atoms. The van der Waals surface area contributed by atoms with Crippen LogP contribution in [-0.4, -0.2) is 18.2 Å². The molecule has 1 atom stereocenters. The molecule has 3 nitrogen and oxygen atoms in total. The number of hydrogen-bond acceptors (Lipinski definition) is 3. The SMILES string of the molecule is CCC1(Cc2ccccc2)CN=C(N)O1. The van der Waals surface area contributed by atoms with Gasteiger partial charge in [-0.15, -0.1) is 0 Å². The third-order valence-electron chi connectivity index (χ3n) is 2.86. The predicted octanol–water partition coefficient (Wildman–Crippen LogP) is 1.72. The van der Waals surface area contributed by atoms with Gasteiger partial charge in [0.1, 0.15) is 5.60 Å². The third-order valence-corrected chi connectivity index (χ3v) is 2.86. The van der Waals surface area contributed by atoms with E-state index in [0.29, 0.717) is 12.6 Å². The van der Waals surface area contributed by atoms with Crippen LogP contribution in [0.2, 0.25) is 0 Å². The van der Waals surface area contributed by atoms with Crippen molar-refractivity contribution in [3.05, 3.63) is 35.9 Å². The quantitative estimate of drug-likeness (QED) is 0.815. The molecule has 0 bridgehead atoms. The molecule has 1 unspecified atom stereocenters. The predicted molar refractivity (Wildman–Crippen MR) is 60.7 cm³/mol. The Bertz CT molecular complexity index is 361. The number of hydrogen-bond donors (Lipinski definition) is 1. The zero-order chi connectivity index (χ0) is 10.7. The van der Waals surface area contributed by atoms with E-state index in [-0.39, 0.29) is 5.60 Å². The maximum atomic E-state index is 5.63. The first-order valence-electron chi connectivity index (χ1n) is 5.27. The summed E-state index contributed by atoms with van der Waals surface area (Å²) in [4.78, 5) is 4.13. The molecule has 0 fully saturated rings. The number of ether oxygens (including phenoxy) is 1. The van der Waals surface area contributed by atoms with E-state index in [1.807, 2.05) is 18.2 Å². The average molecular weight is 204 g/mol. The maximum Gasteiger partial charge on any atom is 0.282 e. The molecule has 3 heteroatoms. The fourth-order valence-corrected chi connectivity index (χ4v) is 1.88. The molecule has 0 saturated heterocycles. The van der Waals surface area contributed by atoms with E-state index < -0.39 is 0 Å². The van der Waals surface area contributed by atoms with Gasteiger partial charge in [0.2, 0.25) is 0 Å². The molecular formula is C12H16N2O. The highest BCUT2D eigenvalue weighted by Gasteiger charge is 2.35. The standard InChI is InChI=1S/C12H16N2O/c1-2-12(9-14-11(13)15-12)8-10-6-4-3-5-7-10/h3-7H,2,8-9H2,1H3,(H2,13,14). The van der Waals surface area contributed by atoms with Gasteiger partial charge in [-0.25, -0.2) is 4.99 Å². The number of rotatable bonds is 3. The summed E-state index contributed by atoms with van der Waals surface area (Å²) in [6.07, 6.45) is 1.79. The van der Waals surface area contributed by atoms with Crippen LogP contribution in [0.3, 0.4) is 0 Å². The van der Waals surface area contributed by atoms with E-state index in [4.69, 9.17) is 10.5 Å².